The van der Waals surface area contributed by atoms with Crippen molar-refractivity contribution in [3.05, 3.63) is 87.4 Å². The van der Waals surface area contributed by atoms with Crippen LogP contribution in [0.4, 0.5) is 0 Å². The van der Waals surface area contributed by atoms with E-state index in [0.717, 1.165) is 10.4 Å². The first kappa shape index (κ1) is 19.8. The Bertz CT molecular complexity index is 1300. The van der Waals surface area contributed by atoms with E-state index >= 15 is 0 Å². The van der Waals surface area contributed by atoms with E-state index < -0.39 is 0 Å². The highest BCUT2D eigenvalue weighted by molar-refractivity contribution is 7.13. The molecular weight excluding hydrogens is 426 g/mol. The number of para-hydroxylation sites is 1. The molecule has 31 heavy (non-hydrogen) atoms. The molecule has 0 bridgehead atoms. The Morgan fingerprint density at radius 1 is 1.13 bits per heavy atom. The molecule has 0 radical (unpaired) electrons. The molecule has 2 N–H and O–H groups in total. The lowest BCUT2D eigenvalue weighted by molar-refractivity contribution is -0.120. The van der Waals surface area contributed by atoms with Crippen LogP contribution in [0.1, 0.15) is 27.8 Å². The van der Waals surface area contributed by atoms with Crippen molar-refractivity contribution in [1.29, 1.82) is 0 Å². The van der Waals surface area contributed by atoms with E-state index in [0.29, 0.717) is 23.9 Å². The fraction of sp³-hybridized carbons (Fsp3) is 0.167. The summed E-state index contributed by atoms with van der Waals surface area (Å²) in [5.41, 5.74) is 2.97. The Labute approximate surface area is 187 Å². The Hall–Kier alpha value is -3.16. The molecule has 0 aliphatic heterocycles. The number of nitrogens with zero attached hydrogens (tertiary/aromatic N) is 1. The van der Waals surface area contributed by atoms with Crippen molar-refractivity contribution in [2.24, 2.45) is 0 Å². The molecule has 5 aromatic rings. The fourth-order valence-electron chi connectivity index (χ4n) is 3.76. The lowest BCUT2D eigenvalue weighted by atomic mass is 9.96. The standard InChI is InChI=1S/C24H21N3O2S2/c1-15-20(27-24(29-15)22-9-5-11-31-22)12-23(28)26-14-18(21-8-4-10-30-21)17-13-25-19-7-3-2-6-16(17)19/h2-11,13,18,25H,12,14H2,1H3,(H,26,28)/t18-/m1/s1. The third-order valence-corrected chi connectivity index (χ3v) is 7.18. The highest BCUT2D eigenvalue weighted by Crippen LogP contribution is 2.33. The van der Waals surface area contributed by atoms with Crippen molar-refractivity contribution in [2.45, 2.75) is 19.3 Å². The molecule has 156 valence electrons. The summed E-state index contributed by atoms with van der Waals surface area (Å²) in [5.74, 6) is 1.28. The predicted molar refractivity (Wildman–Crippen MR) is 126 cm³/mol. The van der Waals surface area contributed by atoms with Gasteiger partial charge in [0, 0.05) is 34.4 Å². The Morgan fingerprint density at radius 2 is 1.97 bits per heavy atom. The van der Waals surface area contributed by atoms with Crippen molar-refractivity contribution in [1.82, 2.24) is 15.3 Å². The summed E-state index contributed by atoms with van der Waals surface area (Å²) < 4.78 is 5.77. The molecule has 0 spiro atoms. The number of hydrogen-bond acceptors (Lipinski definition) is 5. The molecule has 4 aromatic heterocycles. The number of benzene rings is 1. The topological polar surface area (TPSA) is 70.9 Å². The molecule has 0 fully saturated rings. The van der Waals surface area contributed by atoms with Crippen molar-refractivity contribution in [2.75, 3.05) is 6.54 Å². The van der Waals surface area contributed by atoms with Crippen LogP contribution in [0.15, 0.2) is 69.9 Å². The zero-order chi connectivity index (χ0) is 21.2. The third kappa shape index (κ3) is 4.06. The van der Waals surface area contributed by atoms with Crippen LogP contribution in [0, 0.1) is 6.92 Å². The summed E-state index contributed by atoms with van der Waals surface area (Å²) in [4.78, 5) is 22.9. The van der Waals surface area contributed by atoms with E-state index in [9.17, 15) is 4.79 Å². The van der Waals surface area contributed by atoms with Crippen LogP contribution < -0.4 is 5.32 Å². The zero-order valence-corrected chi connectivity index (χ0v) is 18.6. The van der Waals surface area contributed by atoms with Gasteiger partial charge in [-0.05, 0) is 41.4 Å². The number of carbonyl (C=O) groups excluding carboxylic acids is 1. The van der Waals surface area contributed by atoms with Gasteiger partial charge in [-0.25, -0.2) is 4.98 Å². The maximum absolute atomic E-state index is 12.8. The maximum Gasteiger partial charge on any atom is 0.236 e. The number of fused-ring (bicyclic) bond motifs is 1. The second kappa shape index (κ2) is 8.53. The van der Waals surface area contributed by atoms with Crippen LogP contribution >= 0.6 is 22.7 Å². The molecule has 1 atom stereocenters. The van der Waals surface area contributed by atoms with E-state index in [-0.39, 0.29) is 18.2 Å². The van der Waals surface area contributed by atoms with Gasteiger partial charge in [-0.15, -0.1) is 22.7 Å². The maximum atomic E-state index is 12.8. The van der Waals surface area contributed by atoms with Crippen LogP contribution in [-0.4, -0.2) is 22.4 Å². The summed E-state index contributed by atoms with van der Waals surface area (Å²) in [6.07, 6.45) is 2.25. The second-order valence-electron chi connectivity index (χ2n) is 7.34. The number of thiophene rings is 2. The van der Waals surface area contributed by atoms with Crippen LogP contribution in [0.5, 0.6) is 0 Å². The molecule has 0 aliphatic rings. The Balaban J connectivity index is 1.33. The van der Waals surface area contributed by atoms with Gasteiger partial charge in [0.2, 0.25) is 11.8 Å². The van der Waals surface area contributed by atoms with Crippen LogP contribution in [0.25, 0.3) is 21.7 Å². The van der Waals surface area contributed by atoms with Gasteiger partial charge in [0.15, 0.2) is 0 Å². The van der Waals surface area contributed by atoms with Crippen LogP contribution in [0.2, 0.25) is 0 Å². The van der Waals surface area contributed by atoms with E-state index in [2.05, 4.69) is 51.1 Å². The number of aromatic amines is 1. The lowest BCUT2D eigenvalue weighted by Crippen LogP contribution is -2.30. The molecule has 1 amide bonds. The number of aryl methyl sites for hydroxylation is 1. The second-order valence-corrected chi connectivity index (χ2v) is 9.26. The molecule has 4 heterocycles. The largest absolute Gasteiger partial charge is 0.440 e. The average Bonchev–Trinajstić information content (AvgIpc) is 3.57. The minimum atomic E-state index is -0.0597. The molecule has 0 saturated carbocycles. The smallest absolute Gasteiger partial charge is 0.236 e. The van der Waals surface area contributed by atoms with Crippen molar-refractivity contribution in [3.63, 3.8) is 0 Å². The molecule has 0 unspecified atom stereocenters. The van der Waals surface area contributed by atoms with E-state index in [1.54, 1.807) is 22.7 Å². The van der Waals surface area contributed by atoms with Gasteiger partial charge in [-0.3, -0.25) is 4.79 Å². The number of amides is 1. The highest BCUT2D eigenvalue weighted by Gasteiger charge is 2.21. The van der Waals surface area contributed by atoms with Crippen molar-refractivity contribution in [3.8, 4) is 10.8 Å². The van der Waals surface area contributed by atoms with Gasteiger partial charge in [-0.1, -0.05) is 30.3 Å². The SMILES string of the molecule is Cc1oc(-c2cccs2)nc1CC(=O)NC[C@@H](c1cccs1)c1c[nH]c2ccccc12. The Morgan fingerprint density at radius 3 is 2.77 bits per heavy atom. The number of nitrogens with one attached hydrogen (secondary N) is 2. The number of rotatable bonds is 7. The van der Waals surface area contributed by atoms with Crippen molar-refractivity contribution < 1.29 is 9.21 Å². The van der Waals surface area contributed by atoms with E-state index in [4.69, 9.17) is 4.42 Å². The zero-order valence-electron chi connectivity index (χ0n) is 16.9. The summed E-state index contributed by atoms with van der Waals surface area (Å²) in [6.45, 7) is 2.38. The molecule has 1 aromatic carbocycles. The monoisotopic (exact) mass is 447 g/mol. The number of hydrogen-bond donors (Lipinski definition) is 2. The van der Waals surface area contributed by atoms with E-state index in [1.165, 1.54) is 15.8 Å². The van der Waals surface area contributed by atoms with E-state index in [1.807, 2.05) is 36.6 Å². The summed E-state index contributed by atoms with van der Waals surface area (Å²) in [7, 11) is 0. The number of H-pyrrole nitrogens is 1. The number of aromatic nitrogens is 2. The minimum absolute atomic E-state index is 0.0597. The number of carbonyl (C=O) groups is 1. The average molecular weight is 448 g/mol. The quantitative estimate of drug-likeness (QED) is 0.334. The Kier molecular flexibility index (Phi) is 5.44. The highest BCUT2D eigenvalue weighted by atomic mass is 32.1. The van der Waals surface area contributed by atoms with Crippen molar-refractivity contribution >= 4 is 39.5 Å². The first-order valence-electron chi connectivity index (χ1n) is 10.1. The van der Waals surface area contributed by atoms with Gasteiger partial charge >= 0.3 is 0 Å². The molecule has 5 nitrogen and oxygen atoms in total. The van der Waals surface area contributed by atoms with Crippen LogP contribution in [-0.2, 0) is 11.2 Å². The molecule has 5 rings (SSSR count). The third-order valence-electron chi connectivity index (χ3n) is 5.34. The summed E-state index contributed by atoms with van der Waals surface area (Å²) in [5, 5.41) is 8.36. The van der Waals surface area contributed by atoms with Crippen LogP contribution in [0.3, 0.4) is 0 Å². The molecule has 7 heteroatoms. The lowest BCUT2D eigenvalue weighted by Gasteiger charge is -2.16. The minimum Gasteiger partial charge on any atom is -0.440 e. The first-order chi connectivity index (χ1) is 15.2. The van der Waals surface area contributed by atoms with Gasteiger partial charge in [0.05, 0.1) is 17.0 Å². The first-order valence-corrected chi connectivity index (χ1v) is 11.8. The predicted octanol–water partition coefficient (Wildman–Crippen LogP) is 5.75. The summed E-state index contributed by atoms with van der Waals surface area (Å²) >= 11 is 3.28. The van der Waals surface area contributed by atoms with Gasteiger partial charge < -0.3 is 14.7 Å². The number of oxazole rings is 1. The normalized spacial score (nSPS) is 12.3. The van der Waals surface area contributed by atoms with Gasteiger partial charge in [0.25, 0.3) is 0 Å². The molecular formula is C24H21N3O2S2. The fourth-order valence-corrected chi connectivity index (χ4v) is 5.26. The summed E-state index contributed by atoms with van der Waals surface area (Å²) in [6, 6.07) is 16.4. The van der Waals surface area contributed by atoms with Gasteiger partial charge in [-0.2, -0.15) is 0 Å². The van der Waals surface area contributed by atoms with Gasteiger partial charge in [0.1, 0.15) is 5.76 Å². The molecule has 0 saturated heterocycles. The molecule has 0 aliphatic carbocycles.